The van der Waals surface area contributed by atoms with Gasteiger partial charge in [-0.3, -0.25) is 9.20 Å². The molecule has 0 aliphatic rings. The Morgan fingerprint density at radius 2 is 2.05 bits per heavy atom. The monoisotopic (exact) mass is 279 g/mol. The van der Waals surface area contributed by atoms with Gasteiger partial charge in [-0.25, -0.2) is 4.98 Å². The van der Waals surface area contributed by atoms with E-state index in [-0.39, 0.29) is 11.3 Å². The van der Waals surface area contributed by atoms with Gasteiger partial charge in [0.1, 0.15) is 11.5 Å². The molecule has 0 spiro atoms. The Bertz CT molecular complexity index is 772. The fourth-order valence-electron chi connectivity index (χ4n) is 2.01. The molecular formula is C13H8F3N3O. The zero-order valence-electron chi connectivity index (χ0n) is 9.98. The van der Waals surface area contributed by atoms with Crippen LogP contribution in [0.2, 0.25) is 0 Å². The summed E-state index contributed by atoms with van der Waals surface area (Å²) in [6.07, 6.45) is -0.147. The molecule has 102 valence electrons. The van der Waals surface area contributed by atoms with Crippen LogP contribution in [0.3, 0.4) is 0 Å². The largest absolute Gasteiger partial charge is 0.456 e. The normalized spacial score (nSPS) is 11.9. The van der Waals surface area contributed by atoms with Crippen molar-refractivity contribution in [3.8, 4) is 11.4 Å². The molecule has 0 radical (unpaired) electrons. The molecule has 0 aromatic carbocycles. The highest BCUT2D eigenvalue weighted by Crippen LogP contribution is 2.27. The third-order valence-electron chi connectivity index (χ3n) is 2.88. The summed E-state index contributed by atoms with van der Waals surface area (Å²) in [4.78, 5) is 18.1. The third kappa shape index (κ3) is 1.87. The minimum Gasteiger partial charge on any atom is -0.367 e. The summed E-state index contributed by atoms with van der Waals surface area (Å²) in [6, 6.07) is 6.32. The van der Waals surface area contributed by atoms with E-state index in [0.29, 0.717) is 5.56 Å². The van der Waals surface area contributed by atoms with Gasteiger partial charge in [-0.2, -0.15) is 13.2 Å². The SMILES string of the molecule is O=C(c1nc(-c2cc[nH]c2)n2ccccc12)C(F)(F)F. The number of carbonyl (C=O) groups is 1. The highest BCUT2D eigenvalue weighted by molar-refractivity contribution is 6.04. The van der Waals surface area contributed by atoms with Gasteiger partial charge >= 0.3 is 6.18 Å². The second kappa shape index (κ2) is 4.22. The molecule has 4 nitrogen and oxygen atoms in total. The van der Waals surface area contributed by atoms with Gasteiger partial charge < -0.3 is 4.98 Å². The quantitative estimate of drug-likeness (QED) is 0.733. The van der Waals surface area contributed by atoms with Gasteiger partial charge in [0.15, 0.2) is 0 Å². The Balaban J connectivity index is 2.27. The van der Waals surface area contributed by atoms with Crippen LogP contribution in [0.15, 0.2) is 42.9 Å². The molecule has 7 heteroatoms. The van der Waals surface area contributed by atoms with E-state index in [9.17, 15) is 18.0 Å². The maximum Gasteiger partial charge on any atom is 0.456 e. The number of fused-ring (bicyclic) bond motifs is 1. The van der Waals surface area contributed by atoms with E-state index in [1.165, 1.54) is 10.5 Å². The van der Waals surface area contributed by atoms with Crippen LogP contribution in [0.1, 0.15) is 10.5 Å². The van der Waals surface area contributed by atoms with Crippen LogP contribution in [-0.4, -0.2) is 26.3 Å². The van der Waals surface area contributed by atoms with Crippen molar-refractivity contribution in [1.82, 2.24) is 14.4 Å². The summed E-state index contributed by atoms with van der Waals surface area (Å²) in [5, 5.41) is 0. The topological polar surface area (TPSA) is 50.2 Å². The summed E-state index contributed by atoms with van der Waals surface area (Å²) >= 11 is 0. The van der Waals surface area contributed by atoms with Crippen molar-refractivity contribution in [2.24, 2.45) is 0 Å². The molecular weight excluding hydrogens is 271 g/mol. The molecule has 0 unspecified atom stereocenters. The van der Waals surface area contributed by atoms with Gasteiger partial charge in [0.25, 0.3) is 5.78 Å². The minimum absolute atomic E-state index is 0.131. The lowest BCUT2D eigenvalue weighted by molar-refractivity contribution is -0.0886. The first kappa shape index (κ1) is 12.5. The first-order chi connectivity index (χ1) is 9.48. The molecule has 0 aliphatic heterocycles. The molecule has 3 aromatic heterocycles. The number of hydrogen-bond donors (Lipinski definition) is 1. The average molecular weight is 279 g/mol. The molecule has 3 heterocycles. The molecule has 0 atom stereocenters. The molecule has 0 saturated carbocycles. The third-order valence-corrected chi connectivity index (χ3v) is 2.88. The first-order valence-electron chi connectivity index (χ1n) is 5.70. The summed E-state index contributed by atoms with van der Waals surface area (Å²) in [7, 11) is 0. The van der Waals surface area contributed by atoms with Crippen LogP contribution >= 0.6 is 0 Å². The van der Waals surface area contributed by atoms with Crippen LogP contribution in [0.4, 0.5) is 13.2 Å². The van der Waals surface area contributed by atoms with Crippen molar-refractivity contribution in [2.75, 3.05) is 0 Å². The average Bonchev–Trinajstić information content (AvgIpc) is 3.03. The molecule has 0 amide bonds. The number of pyridine rings is 1. The summed E-state index contributed by atoms with van der Waals surface area (Å²) in [6.45, 7) is 0. The molecule has 20 heavy (non-hydrogen) atoms. The fourth-order valence-corrected chi connectivity index (χ4v) is 2.01. The Hall–Kier alpha value is -2.57. The Kier molecular flexibility index (Phi) is 2.63. The van der Waals surface area contributed by atoms with Gasteiger partial charge in [0, 0.05) is 24.2 Å². The van der Waals surface area contributed by atoms with Crippen molar-refractivity contribution in [2.45, 2.75) is 6.18 Å². The van der Waals surface area contributed by atoms with Crippen LogP contribution in [0.5, 0.6) is 0 Å². The van der Waals surface area contributed by atoms with Crippen LogP contribution in [0, 0.1) is 0 Å². The van der Waals surface area contributed by atoms with Gasteiger partial charge in [-0.15, -0.1) is 0 Å². The van der Waals surface area contributed by atoms with E-state index in [2.05, 4.69) is 9.97 Å². The number of alkyl halides is 3. The van der Waals surface area contributed by atoms with Gasteiger partial charge in [-0.1, -0.05) is 6.07 Å². The number of aromatic amines is 1. The van der Waals surface area contributed by atoms with Crippen LogP contribution < -0.4 is 0 Å². The maximum absolute atomic E-state index is 12.6. The van der Waals surface area contributed by atoms with Gasteiger partial charge in [-0.05, 0) is 18.2 Å². The standard InChI is InChI=1S/C13H8F3N3O/c14-13(15,16)11(20)10-9-3-1-2-6-19(9)12(18-10)8-4-5-17-7-8/h1-7,17H. The molecule has 3 aromatic rings. The number of ketones is 1. The van der Waals surface area contributed by atoms with Gasteiger partial charge in [0.2, 0.25) is 0 Å². The molecule has 3 rings (SSSR count). The summed E-state index contributed by atoms with van der Waals surface area (Å²) in [5.74, 6) is -1.66. The molecule has 0 aliphatic carbocycles. The molecule has 0 saturated heterocycles. The smallest absolute Gasteiger partial charge is 0.367 e. The minimum atomic E-state index is -4.94. The second-order valence-electron chi connectivity index (χ2n) is 4.17. The number of nitrogens with one attached hydrogen (secondary N) is 1. The Labute approximate surface area is 110 Å². The highest BCUT2D eigenvalue weighted by atomic mass is 19.4. The van der Waals surface area contributed by atoms with E-state index in [0.717, 1.165) is 0 Å². The predicted octanol–water partition coefficient (Wildman–Crippen LogP) is 3.07. The van der Waals surface area contributed by atoms with E-state index in [1.54, 1.807) is 36.8 Å². The molecule has 0 bridgehead atoms. The lowest BCUT2D eigenvalue weighted by Crippen LogP contribution is -2.23. The van der Waals surface area contributed by atoms with Crippen molar-refractivity contribution in [1.29, 1.82) is 0 Å². The first-order valence-corrected chi connectivity index (χ1v) is 5.70. The Morgan fingerprint density at radius 3 is 2.70 bits per heavy atom. The van der Waals surface area contributed by atoms with E-state index < -0.39 is 17.7 Å². The van der Waals surface area contributed by atoms with E-state index in [1.807, 2.05) is 0 Å². The highest BCUT2D eigenvalue weighted by Gasteiger charge is 2.42. The summed E-state index contributed by atoms with van der Waals surface area (Å²) < 4.78 is 39.3. The van der Waals surface area contributed by atoms with Crippen molar-refractivity contribution < 1.29 is 18.0 Å². The summed E-state index contributed by atoms with van der Waals surface area (Å²) in [5.41, 5.74) is 0.146. The number of hydrogen-bond acceptors (Lipinski definition) is 2. The van der Waals surface area contributed by atoms with Crippen molar-refractivity contribution in [3.63, 3.8) is 0 Å². The fraction of sp³-hybridized carbons (Fsp3) is 0.0769. The maximum atomic E-state index is 12.6. The van der Waals surface area contributed by atoms with E-state index in [4.69, 9.17) is 0 Å². The lowest BCUT2D eigenvalue weighted by atomic mass is 10.2. The zero-order valence-corrected chi connectivity index (χ0v) is 9.98. The number of nitrogens with zero attached hydrogens (tertiary/aromatic N) is 2. The molecule has 1 N–H and O–H groups in total. The van der Waals surface area contributed by atoms with E-state index >= 15 is 0 Å². The number of carbonyl (C=O) groups excluding carboxylic acids is 1. The zero-order chi connectivity index (χ0) is 14.3. The van der Waals surface area contributed by atoms with Crippen LogP contribution in [0.25, 0.3) is 16.9 Å². The lowest BCUT2D eigenvalue weighted by Gasteiger charge is -2.02. The number of aromatic nitrogens is 3. The van der Waals surface area contributed by atoms with Crippen molar-refractivity contribution in [3.05, 3.63) is 48.5 Å². The second-order valence-corrected chi connectivity index (χ2v) is 4.17. The van der Waals surface area contributed by atoms with Gasteiger partial charge in [0.05, 0.1) is 5.52 Å². The number of H-pyrrole nitrogens is 1. The number of rotatable bonds is 2. The predicted molar refractivity (Wildman–Crippen MR) is 65.4 cm³/mol. The number of halogens is 3. The van der Waals surface area contributed by atoms with Crippen LogP contribution in [-0.2, 0) is 0 Å². The number of imidazole rings is 1. The number of Topliss-reactive ketones (excluding diaryl/α,β-unsaturated/α-hetero) is 1. The van der Waals surface area contributed by atoms with Crippen molar-refractivity contribution >= 4 is 11.3 Å². The molecule has 0 fully saturated rings. The Morgan fingerprint density at radius 1 is 1.25 bits per heavy atom.